The van der Waals surface area contributed by atoms with Crippen molar-refractivity contribution in [2.24, 2.45) is 0 Å². The Hall–Kier alpha value is -2.17. The number of benzene rings is 1. The zero-order valence-corrected chi connectivity index (χ0v) is 10.6. The minimum Gasteiger partial charge on any atom is -0.475 e. The zero-order valence-electron chi connectivity index (χ0n) is 10.6. The average molecular weight is 245 g/mol. The Balaban J connectivity index is 2.58. The number of carboxylic acids is 1. The van der Waals surface area contributed by atoms with Crippen LogP contribution in [0.25, 0.3) is 5.69 Å². The number of carbonyl (C=O) groups is 1. The Labute approximate surface area is 105 Å². The summed E-state index contributed by atoms with van der Waals surface area (Å²) < 4.78 is 1.60. The van der Waals surface area contributed by atoms with Crippen LogP contribution < -0.4 is 0 Å². The van der Waals surface area contributed by atoms with Gasteiger partial charge in [-0.15, -0.1) is 5.10 Å². The van der Waals surface area contributed by atoms with E-state index in [1.165, 1.54) is 0 Å². The average Bonchev–Trinajstić information content (AvgIpc) is 2.71. The lowest BCUT2D eigenvalue weighted by Crippen LogP contribution is -2.04. The van der Waals surface area contributed by atoms with Crippen LogP contribution >= 0.6 is 0 Å². The van der Waals surface area contributed by atoms with Crippen LogP contribution in [0.15, 0.2) is 18.2 Å². The van der Waals surface area contributed by atoms with Crippen molar-refractivity contribution in [2.45, 2.75) is 27.2 Å². The Morgan fingerprint density at radius 1 is 1.28 bits per heavy atom. The summed E-state index contributed by atoms with van der Waals surface area (Å²) in [6.07, 6.45) is 0.632. The minimum atomic E-state index is -1.10. The summed E-state index contributed by atoms with van der Waals surface area (Å²) in [5, 5.41) is 13.0. The van der Waals surface area contributed by atoms with Crippen LogP contribution in [0.1, 0.15) is 34.5 Å². The predicted octanol–water partition coefficient (Wildman–Crippen LogP) is 2.14. The van der Waals surface area contributed by atoms with Gasteiger partial charge in [0.1, 0.15) is 5.82 Å². The van der Waals surface area contributed by atoms with E-state index in [9.17, 15) is 4.79 Å². The molecule has 0 bridgehead atoms. The molecule has 0 unspecified atom stereocenters. The fourth-order valence-corrected chi connectivity index (χ4v) is 1.94. The summed E-state index contributed by atoms with van der Waals surface area (Å²) in [5.41, 5.74) is 3.07. The Morgan fingerprint density at radius 2 is 1.89 bits per heavy atom. The molecule has 0 fully saturated rings. The molecule has 0 atom stereocenters. The van der Waals surface area contributed by atoms with Crippen LogP contribution in [0.3, 0.4) is 0 Å². The first-order valence-corrected chi connectivity index (χ1v) is 5.79. The van der Waals surface area contributed by atoms with Crippen LogP contribution in [0, 0.1) is 13.8 Å². The molecule has 1 N–H and O–H groups in total. The second-order valence-electron chi connectivity index (χ2n) is 4.27. The minimum absolute atomic E-state index is 0.161. The summed E-state index contributed by atoms with van der Waals surface area (Å²) >= 11 is 0. The normalized spacial score (nSPS) is 10.6. The van der Waals surface area contributed by atoms with Gasteiger partial charge in [0.25, 0.3) is 5.82 Å². The number of hydrogen-bond donors (Lipinski definition) is 1. The van der Waals surface area contributed by atoms with Crippen molar-refractivity contribution in [1.29, 1.82) is 0 Å². The van der Waals surface area contributed by atoms with Gasteiger partial charge in [-0.05, 0) is 37.1 Å². The van der Waals surface area contributed by atoms with Crippen LogP contribution in [-0.2, 0) is 6.42 Å². The highest BCUT2D eigenvalue weighted by atomic mass is 16.4. The molecule has 0 amide bonds. The second kappa shape index (κ2) is 4.60. The van der Waals surface area contributed by atoms with E-state index in [1.807, 2.05) is 32.9 Å². The molecule has 1 aromatic heterocycles. The lowest BCUT2D eigenvalue weighted by Gasteiger charge is -2.06. The van der Waals surface area contributed by atoms with Crippen molar-refractivity contribution in [2.75, 3.05) is 0 Å². The van der Waals surface area contributed by atoms with Crippen molar-refractivity contribution >= 4 is 5.97 Å². The standard InChI is InChI=1S/C13H15N3O2/c1-4-11-14-12(13(17)18)15-16(11)10-6-8(2)5-9(3)7-10/h5-7H,4H2,1-3H3,(H,17,18). The summed E-state index contributed by atoms with van der Waals surface area (Å²) in [6, 6.07) is 5.99. The maximum Gasteiger partial charge on any atom is 0.375 e. The summed E-state index contributed by atoms with van der Waals surface area (Å²) in [6.45, 7) is 5.92. The SMILES string of the molecule is CCc1nc(C(=O)O)nn1-c1cc(C)cc(C)c1. The Kier molecular flexibility index (Phi) is 3.14. The van der Waals surface area contributed by atoms with Crippen molar-refractivity contribution in [3.8, 4) is 5.69 Å². The van der Waals surface area contributed by atoms with Crippen LogP contribution in [0.5, 0.6) is 0 Å². The molecule has 94 valence electrons. The predicted molar refractivity (Wildman–Crippen MR) is 67.2 cm³/mol. The second-order valence-corrected chi connectivity index (χ2v) is 4.27. The fraction of sp³-hybridized carbons (Fsp3) is 0.308. The van der Waals surface area contributed by atoms with Gasteiger partial charge in [-0.3, -0.25) is 0 Å². The lowest BCUT2D eigenvalue weighted by atomic mass is 10.1. The molecular formula is C13H15N3O2. The molecule has 1 aromatic carbocycles. The van der Waals surface area contributed by atoms with Gasteiger partial charge in [0.05, 0.1) is 5.69 Å². The van der Waals surface area contributed by atoms with Gasteiger partial charge in [-0.1, -0.05) is 13.0 Å². The number of aromatic carboxylic acids is 1. The van der Waals surface area contributed by atoms with E-state index in [4.69, 9.17) is 5.11 Å². The van der Waals surface area contributed by atoms with Crippen molar-refractivity contribution < 1.29 is 9.90 Å². The lowest BCUT2D eigenvalue weighted by molar-refractivity contribution is 0.0683. The molecule has 0 aliphatic carbocycles. The largest absolute Gasteiger partial charge is 0.475 e. The third-order valence-electron chi connectivity index (χ3n) is 2.63. The Bertz CT molecular complexity index is 582. The molecule has 0 aliphatic rings. The summed E-state index contributed by atoms with van der Waals surface area (Å²) in [4.78, 5) is 14.9. The van der Waals surface area contributed by atoms with Gasteiger partial charge in [-0.25, -0.2) is 14.5 Å². The number of aryl methyl sites for hydroxylation is 3. The van der Waals surface area contributed by atoms with Crippen LogP contribution in [0.4, 0.5) is 0 Å². The van der Waals surface area contributed by atoms with Crippen LogP contribution in [-0.4, -0.2) is 25.8 Å². The highest BCUT2D eigenvalue weighted by molar-refractivity contribution is 5.83. The molecule has 0 saturated carbocycles. The van der Waals surface area contributed by atoms with E-state index in [0.717, 1.165) is 16.8 Å². The molecular weight excluding hydrogens is 230 g/mol. The molecule has 2 aromatic rings. The first-order valence-electron chi connectivity index (χ1n) is 5.79. The number of aromatic nitrogens is 3. The molecule has 2 rings (SSSR count). The van der Waals surface area contributed by atoms with Crippen LogP contribution in [0.2, 0.25) is 0 Å². The molecule has 0 spiro atoms. The van der Waals surface area contributed by atoms with Crippen molar-refractivity contribution in [1.82, 2.24) is 14.8 Å². The van der Waals surface area contributed by atoms with E-state index in [2.05, 4.69) is 16.1 Å². The highest BCUT2D eigenvalue weighted by Gasteiger charge is 2.15. The molecule has 5 nitrogen and oxygen atoms in total. The maximum atomic E-state index is 10.9. The van der Waals surface area contributed by atoms with E-state index < -0.39 is 5.97 Å². The molecule has 0 aliphatic heterocycles. The van der Waals surface area contributed by atoms with Gasteiger partial charge in [0.15, 0.2) is 0 Å². The third kappa shape index (κ3) is 2.25. The molecule has 1 heterocycles. The third-order valence-corrected chi connectivity index (χ3v) is 2.63. The van der Waals surface area contributed by atoms with Crippen molar-refractivity contribution in [3.63, 3.8) is 0 Å². The number of nitrogens with zero attached hydrogens (tertiary/aromatic N) is 3. The van der Waals surface area contributed by atoms with E-state index >= 15 is 0 Å². The smallest absolute Gasteiger partial charge is 0.375 e. The maximum absolute atomic E-state index is 10.9. The van der Waals surface area contributed by atoms with E-state index in [0.29, 0.717) is 12.2 Å². The van der Waals surface area contributed by atoms with E-state index in [-0.39, 0.29) is 5.82 Å². The van der Waals surface area contributed by atoms with Gasteiger partial charge < -0.3 is 5.11 Å². The highest BCUT2D eigenvalue weighted by Crippen LogP contribution is 2.15. The van der Waals surface area contributed by atoms with E-state index in [1.54, 1.807) is 4.68 Å². The number of hydrogen-bond acceptors (Lipinski definition) is 3. The van der Waals surface area contributed by atoms with Gasteiger partial charge in [-0.2, -0.15) is 0 Å². The first-order chi connectivity index (χ1) is 8.51. The molecule has 0 saturated heterocycles. The summed E-state index contributed by atoms with van der Waals surface area (Å²) in [5.74, 6) is -0.615. The zero-order chi connectivity index (χ0) is 13.3. The summed E-state index contributed by atoms with van der Waals surface area (Å²) in [7, 11) is 0. The van der Waals surface area contributed by atoms with Gasteiger partial charge >= 0.3 is 5.97 Å². The quantitative estimate of drug-likeness (QED) is 0.899. The topological polar surface area (TPSA) is 68.0 Å². The number of rotatable bonds is 3. The molecule has 0 radical (unpaired) electrons. The van der Waals surface area contributed by atoms with Crippen molar-refractivity contribution in [3.05, 3.63) is 41.0 Å². The monoisotopic (exact) mass is 245 g/mol. The Morgan fingerprint density at radius 3 is 2.39 bits per heavy atom. The molecule has 5 heteroatoms. The first kappa shape index (κ1) is 12.3. The van der Waals surface area contributed by atoms with Gasteiger partial charge in [0.2, 0.25) is 0 Å². The molecule has 18 heavy (non-hydrogen) atoms. The number of carboxylic acid groups (broad SMARTS) is 1. The fourth-order valence-electron chi connectivity index (χ4n) is 1.94. The van der Waals surface area contributed by atoms with Gasteiger partial charge in [0, 0.05) is 6.42 Å².